The number of nitrogens with zero attached hydrogens (tertiary/aromatic N) is 3. The molecule has 1 aromatic carbocycles. The van der Waals surface area contributed by atoms with Crippen LogP contribution in [0.4, 0.5) is 4.79 Å². The van der Waals surface area contributed by atoms with E-state index >= 15 is 0 Å². The van der Waals surface area contributed by atoms with E-state index in [0.717, 1.165) is 43.1 Å². The normalized spacial score (nSPS) is 16.2. The fraction of sp³-hybridized carbons (Fsp3) is 0.524. The molecule has 0 bridgehead atoms. The van der Waals surface area contributed by atoms with Gasteiger partial charge in [-0.05, 0) is 57.2 Å². The highest BCUT2D eigenvalue weighted by Gasteiger charge is 2.26. The molecule has 0 spiro atoms. The quantitative estimate of drug-likeness (QED) is 0.876. The minimum absolute atomic E-state index is 0.0162. The number of amides is 2. The Morgan fingerprint density at radius 2 is 2.00 bits per heavy atom. The Balaban J connectivity index is 1.51. The molecular formula is C21H30N4O2. The van der Waals surface area contributed by atoms with Gasteiger partial charge in [0.15, 0.2) is 0 Å². The number of likely N-dealkylation sites (tertiary alicyclic amines) is 1. The first-order chi connectivity index (χ1) is 13.0. The van der Waals surface area contributed by atoms with Crippen molar-refractivity contribution in [1.82, 2.24) is 20.0 Å². The maximum absolute atomic E-state index is 12.6. The average molecular weight is 370 g/mol. The predicted molar refractivity (Wildman–Crippen MR) is 106 cm³/mol. The van der Waals surface area contributed by atoms with Gasteiger partial charge >= 0.3 is 6.03 Å². The Kier molecular flexibility index (Phi) is 6.04. The number of rotatable bonds is 5. The Morgan fingerprint density at radius 3 is 2.63 bits per heavy atom. The van der Waals surface area contributed by atoms with Gasteiger partial charge in [0.05, 0.1) is 19.3 Å². The highest BCUT2D eigenvalue weighted by Crippen LogP contribution is 2.33. The van der Waals surface area contributed by atoms with E-state index in [0.29, 0.717) is 12.5 Å². The summed E-state index contributed by atoms with van der Waals surface area (Å²) in [5.41, 5.74) is 3.37. The zero-order valence-electron chi connectivity index (χ0n) is 16.7. The van der Waals surface area contributed by atoms with Crippen molar-refractivity contribution in [2.45, 2.75) is 52.1 Å². The van der Waals surface area contributed by atoms with Crippen molar-refractivity contribution >= 4 is 6.03 Å². The molecule has 2 aromatic rings. The molecule has 27 heavy (non-hydrogen) atoms. The van der Waals surface area contributed by atoms with Crippen LogP contribution in [0.25, 0.3) is 0 Å². The van der Waals surface area contributed by atoms with Crippen LogP contribution in [0.15, 0.2) is 30.3 Å². The summed E-state index contributed by atoms with van der Waals surface area (Å²) in [5, 5.41) is 7.58. The van der Waals surface area contributed by atoms with Crippen LogP contribution in [0.3, 0.4) is 0 Å². The first kappa shape index (κ1) is 19.3. The van der Waals surface area contributed by atoms with Crippen molar-refractivity contribution in [3.63, 3.8) is 0 Å². The van der Waals surface area contributed by atoms with Crippen LogP contribution in [-0.4, -0.2) is 47.0 Å². The zero-order chi connectivity index (χ0) is 19.4. The summed E-state index contributed by atoms with van der Waals surface area (Å²) in [5.74, 6) is 1.39. The summed E-state index contributed by atoms with van der Waals surface area (Å²) >= 11 is 0. The minimum Gasteiger partial charge on any atom is -0.496 e. The lowest BCUT2D eigenvalue weighted by atomic mass is 9.89. The summed E-state index contributed by atoms with van der Waals surface area (Å²) in [4.78, 5) is 14.5. The third-order valence-electron chi connectivity index (χ3n) is 5.28. The predicted octanol–water partition coefficient (Wildman–Crippen LogP) is 3.49. The molecule has 2 amide bonds. The van der Waals surface area contributed by atoms with Gasteiger partial charge in [-0.1, -0.05) is 18.2 Å². The van der Waals surface area contributed by atoms with Gasteiger partial charge in [-0.25, -0.2) is 4.79 Å². The molecule has 0 aliphatic carbocycles. The lowest BCUT2D eigenvalue weighted by Crippen LogP contribution is -2.48. The van der Waals surface area contributed by atoms with Crippen molar-refractivity contribution in [3.8, 4) is 5.75 Å². The molecule has 1 aliphatic heterocycles. The van der Waals surface area contributed by atoms with Gasteiger partial charge in [0, 0.05) is 24.8 Å². The SMILES string of the molecule is COc1ccccc1C1CCN(C(=O)NC(C)Cn2nc(C)cc2C)CC1. The number of piperidine rings is 1. The standard InChI is InChI=1S/C21H30N4O2/c1-15-13-17(3)25(23-15)14-16(2)22-21(26)24-11-9-18(10-12-24)19-7-5-6-8-20(19)27-4/h5-8,13,16,18H,9-12,14H2,1-4H3,(H,22,26). The maximum Gasteiger partial charge on any atom is 0.317 e. The summed E-state index contributed by atoms with van der Waals surface area (Å²) in [7, 11) is 1.71. The van der Waals surface area contributed by atoms with Gasteiger partial charge in [0.25, 0.3) is 0 Å². The van der Waals surface area contributed by atoms with Crippen molar-refractivity contribution in [2.24, 2.45) is 0 Å². The number of hydrogen-bond acceptors (Lipinski definition) is 3. The van der Waals surface area contributed by atoms with Crippen molar-refractivity contribution in [2.75, 3.05) is 20.2 Å². The van der Waals surface area contributed by atoms with Crippen LogP contribution < -0.4 is 10.1 Å². The lowest BCUT2D eigenvalue weighted by molar-refractivity contribution is 0.176. The van der Waals surface area contributed by atoms with E-state index in [1.807, 2.05) is 42.5 Å². The molecule has 0 saturated carbocycles. The van der Waals surface area contributed by atoms with Crippen LogP contribution in [-0.2, 0) is 6.54 Å². The highest BCUT2D eigenvalue weighted by atomic mass is 16.5. The molecule has 146 valence electrons. The summed E-state index contributed by atoms with van der Waals surface area (Å²) in [6.45, 7) is 8.26. The number of benzene rings is 1. The van der Waals surface area contributed by atoms with Crippen LogP contribution in [0.5, 0.6) is 5.75 Å². The van der Waals surface area contributed by atoms with Crippen molar-refractivity contribution in [3.05, 3.63) is 47.3 Å². The molecule has 1 unspecified atom stereocenters. The van der Waals surface area contributed by atoms with Crippen LogP contribution in [0.2, 0.25) is 0 Å². The van der Waals surface area contributed by atoms with Gasteiger partial charge in [-0.3, -0.25) is 4.68 Å². The fourth-order valence-corrected chi connectivity index (χ4v) is 3.86. The van der Waals surface area contributed by atoms with Crippen LogP contribution >= 0.6 is 0 Å². The first-order valence-electron chi connectivity index (χ1n) is 9.67. The molecule has 2 heterocycles. The second kappa shape index (κ2) is 8.46. The van der Waals surface area contributed by atoms with E-state index in [4.69, 9.17) is 4.74 Å². The Morgan fingerprint density at radius 1 is 1.30 bits per heavy atom. The number of ether oxygens (including phenoxy) is 1. The summed E-state index contributed by atoms with van der Waals surface area (Å²) in [6, 6.07) is 10.3. The smallest absolute Gasteiger partial charge is 0.317 e. The van der Waals surface area contributed by atoms with Gasteiger partial charge in [0.1, 0.15) is 5.75 Å². The van der Waals surface area contributed by atoms with Gasteiger partial charge in [-0.15, -0.1) is 0 Å². The molecule has 0 radical (unpaired) electrons. The topological polar surface area (TPSA) is 59.4 Å². The van der Waals surface area contributed by atoms with E-state index in [2.05, 4.69) is 28.6 Å². The first-order valence-corrected chi connectivity index (χ1v) is 9.67. The highest BCUT2D eigenvalue weighted by molar-refractivity contribution is 5.74. The largest absolute Gasteiger partial charge is 0.496 e. The third-order valence-corrected chi connectivity index (χ3v) is 5.28. The Bertz CT molecular complexity index is 778. The fourth-order valence-electron chi connectivity index (χ4n) is 3.86. The molecule has 3 rings (SSSR count). The van der Waals surface area contributed by atoms with Crippen molar-refractivity contribution in [1.29, 1.82) is 0 Å². The number of nitrogens with one attached hydrogen (secondary N) is 1. The molecule has 6 heteroatoms. The van der Waals surface area contributed by atoms with Crippen LogP contribution in [0.1, 0.15) is 42.6 Å². The summed E-state index contributed by atoms with van der Waals surface area (Å²) in [6.07, 6.45) is 1.92. The molecule has 6 nitrogen and oxygen atoms in total. The molecular weight excluding hydrogens is 340 g/mol. The molecule has 1 aromatic heterocycles. The average Bonchev–Trinajstić information content (AvgIpc) is 2.98. The molecule has 1 atom stereocenters. The Hall–Kier alpha value is -2.50. The van der Waals surface area contributed by atoms with Crippen molar-refractivity contribution < 1.29 is 9.53 Å². The summed E-state index contributed by atoms with van der Waals surface area (Å²) < 4.78 is 7.44. The van der Waals surface area contributed by atoms with E-state index in [1.165, 1.54) is 5.56 Å². The van der Waals surface area contributed by atoms with E-state index in [1.54, 1.807) is 7.11 Å². The maximum atomic E-state index is 12.6. The molecule has 1 aliphatic rings. The zero-order valence-corrected chi connectivity index (χ0v) is 16.7. The molecule has 1 fully saturated rings. The number of aryl methyl sites for hydroxylation is 2. The van der Waals surface area contributed by atoms with E-state index in [9.17, 15) is 4.79 Å². The monoisotopic (exact) mass is 370 g/mol. The van der Waals surface area contributed by atoms with Crippen LogP contribution in [0, 0.1) is 13.8 Å². The number of methoxy groups -OCH3 is 1. The third kappa shape index (κ3) is 4.62. The number of aromatic nitrogens is 2. The number of carbonyl (C=O) groups excluding carboxylic acids is 1. The van der Waals surface area contributed by atoms with E-state index in [-0.39, 0.29) is 12.1 Å². The van der Waals surface area contributed by atoms with Gasteiger partial charge in [0.2, 0.25) is 0 Å². The molecule has 1 N–H and O–H groups in total. The van der Waals surface area contributed by atoms with Gasteiger partial charge < -0.3 is 15.0 Å². The molecule has 1 saturated heterocycles. The lowest BCUT2D eigenvalue weighted by Gasteiger charge is -2.33. The minimum atomic E-state index is 0.0162. The van der Waals surface area contributed by atoms with E-state index < -0.39 is 0 Å². The van der Waals surface area contributed by atoms with Gasteiger partial charge in [-0.2, -0.15) is 5.10 Å². The number of urea groups is 1. The number of para-hydroxylation sites is 1. The second-order valence-corrected chi connectivity index (χ2v) is 7.46. The number of hydrogen-bond donors (Lipinski definition) is 1. The second-order valence-electron chi connectivity index (χ2n) is 7.46. The number of carbonyl (C=O) groups is 1. The Labute approximate surface area is 161 Å².